The average molecular weight is 466 g/mol. The van der Waals surface area contributed by atoms with Gasteiger partial charge in [0.15, 0.2) is 5.76 Å². The Hall–Kier alpha value is -2.38. The molecule has 1 aliphatic rings. The smallest absolute Gasteiger partial charge is 0.289 e. The molecule has 3 aromatic rings. The number of carbonyl (C=O) groups is 2. The molecule has 1 aliphatic heterocycles. The number of halogens is 3. The summed E-state index contributed by atoms with van der Waals surface area (Å²) in [4.78, 5) is 28.7. The Morgan fingerprint density at radius 2 is 1.68 bits per heavy atom. The average Bonchev–Trinajstić information content (AvgIpc) is 3.13. The van der Waals surface area contributed by atoms with Crippen LogP contribution in [0.2, 0.25) is 5.02 Å². The van der Waals surface area contributed by atoms with E-state index in [0.29, 0.717) is 31.8 Å². The monoisotopic (exact) mass is 464 g/mol. The van der Waals surface area contributed by atoms with Gasteiger partial charge in [-0.2, -0.15) is 0 Å². The molecule has 0 aliphatic carbocycles. The van der Waals surface area contributed by atoms with Gasteiger partial charge in [0.05, 0.1) is 15.1 Å². The highest BCUT2D eigenvalue weighted by atomic mass is 79.9. The first-order valence-electron chi connectivity index (χ1n) is 8.65. The van der Waals surface area contributed by atoms with Crippen molar-refractivity contribution in [1.82, 2.24) is 9.80 Å². The summed E-state index contributed by atoms with van der Waals surface area (Å²) >= 11 is 9.40. The third-order valence-electron chi connectivity index (χ3n) is 4.72. The Morgan fingerprint density at radius 1 is 1.00 bits per heavy atom. The van der Waals surface area contributed by atoms with Crippen LogP contribution >= 0.6 is 27.5 Å². The van der Waals surface area contributed by atoms with Gasteiger partial charge < -0.3 is 14.2 Å². The largest absolute Gasteiger partial charge is 0.450 e. The maximum Gasteiger partial charge on any atom is 0.289 e. The summed E-state index contributed by atoms with van der Waals surface area (Å²) in [5.41, 5.74) is 0.885. The fourth-order valence-corrected chi connectivity index (χ4v) is 3.95. The van der Waals surface area contributed by atoms with Crippen LogP contribution in [0.25, 0.3) is 11.0 Å². The predicted molar refractivity (Wildman–Crippen MR) is 107 cm³/mol. The van der Waals surface area contributed by atoms with Crippen LogP contribution in [0.15, 0.2) is 51.4 Å². The lowest BCUT2D eigenvalue weighted by molar-refractivity contribution is 0.0519. The van der Waals surface area contributed by atoms with Gasteiger partial charge in [0.25, 0.3) is 11.8 Å². The number of benzene rings is 2. The van der Waals surface area contributed by atoms with Crippen LogP contribution in [0.1, 0.15) is 20.9 Å². The minimum atomic E-state index is -0.491. The Balaban J connectivity index is 1.45. The van der Waals surface area contributed by atoms with Gasteiger partial charge in [0.1, 0.15) is 11.4 Å². The summed E-state index contributed by atoms with van der Waals surface area (Å²) in [5.74, 6) is -0.711. The fraction of sp³-hybridized carbons (Fsp3) is 0.200. The Bertz CT molecular complexity index is 1080. The second-order valence-corrected chi connectivity index (χ2v) is 7.74. The number of hydrogen-bond donors (Lipinski definition) is 0. The molecular weight excluding hydrogens is 451 g/mol. The van der Waals surface area contributed by atoms with Gasteiger partial charge in [0, 0.05) is 31.6 Å². The maximum absolute atomic E-state index is 13.2. The maximum atomic E-state index is 13.2. The van der Waals surface area contributed by atoms with E-state index in [1.807, 2.05) is 18.2 Å². The van der Waals surface area contributed by atoms with Crippen molar-refractivity contribution in [3.63, 3.8) is 0 Å². The zero-order chi connectivity index (χ0) is 19.8. The van der Waals surface area contributed by atoms with E-state index in [0.717, 1.165) is 15.9 Å². The molecule has 0 saturated carbocycles. The number of fused-ring (bicyclic) bond motifs is 1. The molecule has 28 heavy (non-hydrogen) atoms. The van der Waals surface area contributed by atoms with Gasteiger partial charge in [-0.1, -0.05) is 23.7 Å². The molecule has 2 heterocycles. The van der Waals surface area contributed by atoms with Crippen LogP contribution in [-0.4, -0.2) is 47.8 Å². The third-order valence-corrected chi connectivity index (χ3v) is 5.66. The van der Waals surface area contributed by atoms with E-state index in [2.05, 4.69) is 15.9 Å². The van der Waals surface area contributed by atoms with Crippen LogP contribution in [0, 0.1) is 5.82 Å². The number of piperazine rings is 1. The number of rotatable bonds is 2. The molecule has 0 atom stereocenters. The van der Waals surface area contributed by atoms with Crippen molar-refractivity contribution >= 4 is 50.3 Å². The molecule has 2 amide bonds. The van der Waals surface area contributed by atoms with E-state index in [4.69, 9.17) is 16.0 Å². The molecule has 1 saturated heterocycles. The number of amides is 2. The lowest BCUT2D eigenvalue weighted by atomic mass is 10.1. The highest BCUT2D eigenvalue weighted by molar-refractivity contribution is 9.10. The summed E-state index contributed by atoms with van der Waals surface area (Å²) < 4.78 is 19.7. The highest BCUT2D eigenvalue weighted by Gasteiger charge is 2.28. The van der Waals surface area contributed by atoms with Crippen molar-refractivity contribution < 1.29 is 18.4 Å². The number of hydrogen-bond acceptors (Lipinski definition) is 3. The molecule has 2 aromatic carbocycles. The van der Waals surface area contributed by atoms with Crippen LogP contribution in [0.4, 0.5) is 4.39 Å². The first-order chi connectivity index (χ1) is 13.4. The number of para-hydroxylation sites is 1. The molecule has 0 radical (unpaired) electrons. The van der Waals surface area contributed by atoms with Crippen molar-refractivity contribution in [2.75, 3.05) is 26.2 Å². The molecule has 5 nitrogen and oxygen atoms in total. The van der Waals surface area contributed by atoms with Crippen molar-refractivity contribution in [3.8, 4) is 0 Å². The molecule has 0 spiro atoms. The van der Waals surface area contributed by atoms with Gasteiger partial charge in [-0.25, -0.2) is 4.39 Å². The zero-order valence-electron chi connectivity index (χ0n) is 14.6. The zero-order valence-corrected chi connectivity index (χ0v) is 17.0. The molecular formula is C20H15BrClFN2O3. The van der Waals surface area contributed by atoms with Crippen molar-refractivity contribution in [3.05, 3.63) is 69.1 Å². The second kappa shape index (κ2) is 7.56. The van der Waals surface area contributed by atoms with E-state index in [-0.39, 0.29) is 28.2 Å². The predicted octanol–water partition coefficient (Wildman–Crippen LogP) is 4.59. The quantitative estimate of drug-likeness (QED) is 0.556. The first kappa shape index (κ1) is 19.0. The van der Waals surface area contributed by atoms with Crippen LogP contribution in [0.5, 0.6) is 0 Å². The highest BCUT2D eigenvalue weighted by Crippen LogP contribution is 2.28. The van der Waals surface area contributed by atoms with Crippen LogP contribution in [0.3, 0.4) is 0 Å². The molecule has 8 heteroatoms. The summed E-state index contributed by atoms with van der Waals surface area (Å²) in [6.07, 6.45) is 0. The molecule has 1 fully saturated rings. The summed E-state index contributed by atoms with van der Waals surface area (Å²) in [6.45, 7) is 1.48. The van der Waals surface area contributed by atoms with E-state index in [1.165, 1.54) is 12.1 Å². The molecule has 0 N–H and O–H groups in total. The molecule has 0 bridgehead atoms. The van der Waals surface area contributed by atoms with E-state index < -0.39 is 5.82 Å². The normalized spacial score (nSPS) is 14.5. The van der Waals surface area contributed by atoms with E-state index in [1.54, 1.807) is 15.9 Å². The number of furan rings is 1. The lowest BCUT2D eigenvalue weighted by Crippen LogP contribution is -2.50. The Morgan fingerprint density at radius 3 is 2.32 bits per heavy atom. The summed E-state index contributed by atoms with van der Waals surface area (Å²) in [5, 5.41) is 0.925. The van der Waals surface area contributed by atoms with Crippen molar-refractivity contribution in [2.45, 2.75) is 0 Å². The van der Waals surface area contributed by atoms with Gasteiger partial charge in [-0.3, -0.25) is 9.59 Å². The molecule has 1 aromatic heterocycles. The Kier molecular flexibility index (Phi) is 5.12. The van der Waals surface area contributed by atoms with Gasteiger partial charge in [0.2, 0.25) is 0 Å². The van der Waals surface area contributed by atoms with Crippen molar-refractivity contribution in [2.24, 2.45) is 0 Å². The number of carbonyl (C=O) groups excluding carboxylic acids is 2. The lowest BCUT2D eigenvalue weighted by Gasteiger charge is -2.34. The van der Waals surface area contributed by atoms with Crippen molar-refractivity contribution in [1.29, 1.82) is 0 Å². The summed E-state index contributed by atoms with van der Waals surface area (Å²) in [7, 11) is 0. The first-order valence-corrected chi connectivity index (χ1v) is 9.83. The SMILES string of the molecule is O=C(c1cc2cccc(Br)c2o1)N1CCN(C(=O)c2ccc(F)cc2Cl)CC1. The van der Waals surface area contributed by atoms with E-state index in [9.17, 15) is 14.0 Å². The van der Waals surface area contributed by atoms with E-state index >= 15 is 0 Å². The molecule has 0 unspecified atom stereocenters. The second-order valence-electron chi connectivity index (χ2n) is 6.48. The van der Waals surface area contributed by atoms with Crippen LogP contribution in [-0.2, 0) is 0 Å². The minimum absolute atomic E-state index is 0.0800. The van der Waals surface area contributed by atoms with Gasteiger partial charge in [-0.15, -0.1) is 0 Å². The van der Waals surface area contributed by atoms with Gasteiger partial charge >= 0.3 is 0 Å². The van der Waals surface area contributed by atoms with Crippen LogP contribution < -0.4 is 0 Å². The molecule has 144 valence electrons. The Labute approximate surface area is 173 Å². The van der Waals surface area contributed by atoms with Gasteiger partial charge in [-0.05, 0) is 46.3 Å². The third kappa shape index (κ3) is 3.52. The minimum Gasteiger partial charge on any atom is -0.450 e. The number of nitrogens with zero attached hydrogens (tertiary/aromatic N) is 2. The molecule has 4 rings (SSSR count). The summed E-state index contributed by atoms with van der Waals surface area (Å²) in [6, 6.07) is 11.0. The standard InChI is InChI=1S/C20H15BrClFN2O3/c21-15-3-1-2-12-10-17(28-18(12)15)20(27)25-8-6-24(7-9-25)19(26)14-5-4-13(23)11-16(14)22/h1-5,10-11H,6-9H2. The topological polar surface area (TPSA) is 53.8 Å². The fourth-order valence-electron chi connectivity index (χ4n) is 3.23.